The molecule has 1 aromatic rings. The lowest BCUT2D eigenvalue weighted by Gasteiger charge is -2.21. The van der Waals surface area contributed by atoms with Crippen LogP contribution in [0.5, 0.6) is 0 Å². The van der Waals surface area contributed by atoms with E-state index in [1.807, 2.05) is 0 Å². The number of imide groups is 1. The second-order valence-electron chi connectivity index (χ2n) is 6.75. The summed E-state index contributed by atoms with van der Waals surface area (Å²) in [7, 11) is 0. The number of carbonyl (C=O) groups is 3. The average Bonchev–Trinajstić information content (AvgIpc) is 3.33. The van der Waals surface area contributed by atoms with Gasteiger partial charge in [-0.2, -0.15) is 0 Å². The summed E-state index contributed by atoms with van der Waals surface area (Å²) in [6.07, 6.45) is 1.82. The van der Waals surface area contributed by atoms with Crippen molar-refractivity contribution in [2.75, 3.05) is 6.54 Å². The van der Waals surface area contributed by atoms with Gasteiger partial charge in [0.25, 0.3) is 5.91 Å². The largest absolute Gasteiger partial charge is 0.348 e. The first-order valence-electron chi connectivity index (χ1n) is 8.11. The molecule has 1 saturated carbocycles. The van der Waals surface area contributed by atoms with Gasteiger partial charge in [0, 0.05) is 10.0 Å². The van der Waals surface area contributed by atoms with Gasteiger partial charge in [-0.1, -0.05) is 29.3 Å². The number of nitrogens with zero attached hydrogens (tertiary/aromatic N) is 1. The van der Waals surface area contributed by atoms with E-state index in [-0.39, 0.29) is 24.4 Å². The first-order chi connectivity index (χ1) is 11.7. The molecule has 1 aliphatic carbocycles. The van der Waals surface area contributed by atoms with Crippen molar-refractivity contribution in [2.24, 2.45) is 5.92 Å². The second kappa shape index (κ2) is 6.50. The van der Waals surface area contributed by atoms with Crippen molar-refractivity contribution < 1.29 is 14.4 Å². The predicted molar refractivity (Wildman–Crippen MR) is 94.4 cm³/mol. The van der Waals surface area contributed by atoms with E-state index in [0.29, 0.717) is 15.6 Å². The molecule has 1 aromatic carbocycles. The molecule has 1 heterocycles. The third-order valence-corrected chi connectivity index (χ3v) is 5.37. The van der Waals surface area contributed by atoms with Gasteiger partial charge in [-0.05, 0) is 50.3 Å². The van der Waals surface area contributed by atoms with Gasteiger partial charge in [0.2, 0.25) is 5.91 Å². The van der Waals surface area contributed by atoms with Crippen molar-refractivity contribution in [1.29, 1.82) is 0 Å². The molecule has 25 heavy (non-hydrogen) atoms. The molecule has 1 aliphatic heterocycles. The summed E-state index contributed by atoms with van der Waals surface area (Å²) >= 11 is 12.0. The van der Waals surface area contributed by atoms with Crippen LogP contribution in [-0.2, 0) is 9.59 Å². The Kier molecular flexibility index (Phi) is 4.68. The van der Waals surface area contributed by atoms with Gasteiger partial charge < -0.3 is 10.6 Å². The predicted octanol–water partition coefficient (Wildman–Crippen LogP) is 2.89. The van der Waals surface area contributed by atoms with E-state index in [2.05, 4.69) is 10.6 Å². The van der Waals surface area contributed by atoms with Crippen LogP contribution in [0.2, 0.25) is 10.0 Å². The van der Waals surface area contributed by atoms with Crippen LogP contribution in [0.15, 0.2) is 18.2 Å². The Morgan fingerprint density at radius 1 is 1.40 bits per heavy atom. The number of hydrogen-bond donors (Lipinski definition) is 2. The van der Waals surface area contributed by atoms with E-state index in [9.17, 15) is 14.4 Å². The maximum Gasteiger partial charge on any atom is 0.325 e. The molecule has 2 aliphatic rings. The lowest BCUT2D eigenvalue weighted by molar-refractivity contribution is -0.135. The summed E-state index contributed by atoms with van der Waals surface area (Å²) in [6.45, 7) is 3.18. The van der Waals surface area contributed by atoms with E-state index in [4.69, 9.17) is 23.2 Å². The summed E-state index contributed by atoms with van der Waals surface area (Å²) in [5, 5.41) is 6.42. The number of urea groups is 1. The Balaban J connectivity index is 1.64. The van der Waals surface area contributed by atoms with Crippen LogP contribution in [0.25, 0.3) is 0 Å². The maximum absolute atomic E-state index is 12.5. The highest BCUT2D eigenvalue weighted by Crippen LogP contribution is 2.42. The van der Waals surface area contributed by atoms with Gasteiger partial charge in [-0.25, -0.2) is 4.79 Å². The fourth-order valence-electron chi connectivity index (χ4n) is 3.16. The van der Waals surface area contributed by atoms with Gasteiger partial charge in [-0.15, -0.1) is 0 Å². The number of carbonyl (C=O) groups excluding carboxylic acids is 3. The molecule has 134 valence electrons. The van der Waals surface area contributed by atoms with Gasteiger partial charge in [-0.3, -0.25) is 14.5 Å². The Hall–Kier alpha value is -1.79. The Bertz CT molecular complexity index is 751. The molecule has 0 aromatic heterocycles. The molecule has 2 N–H and O–H groups in total. The minimum Gasteiger partial charge on any atom is -0.348 e. The van der Waals surface area contributed by atoms with Gasteiger partial charge in [0.15, 0.2) is 0 Å². The highest BCUT2D eigenvalue weighted by molar-refractivity contribution is 6.35. The molecule has 2 atom stereocenters. The summed E-state index contributed by atoms with van der Waals surface area (Å²) in [5.74, 6) is -0.613. The van der Waals surface area contributed by atoms with Crippen molar-refractivity contribution in [3.8, 4) is 0 Å². The Labute approximate surface area is 155 Å². The number of halogens is 2. The molecule has 0 unspecified atom stereocenters. The van der Waals surface area contributed by atoms with Crippen LogP contribution in [-0.4, -0.2) is 34.8 Å². The Morgan fingerprint density at radius 3 is 2.68 bits per heavy atom. The third-order valence-electron chi connectivity index (χ3n) is 4.80. The van der Waals surface area contributed by atoms with E-state index < -0.39 is 17.5 Å². The maximum atomic E-state index is 12.5. The molecule has 4 amide bonds. The van der Waals surface area contributed by atoms with Crippen molar-refractivity contribution >= 4 is 41.0 Å². The van der Waals surface area contributed by atoms with Gasteiger partial charge in [0.1, 0.15) is 12.1 Å². The SMILES string of the molecule is C[C@H](NC(=O)CN1C(=O)N[C@@](C)(C2CC2)C1=O)c1ccc(Cl)cc1Cl. The highest BCUT2D eigenvalue weighted by Gasteiger charge is 2.56. The minimum atomic E-state index is -0.886. The second-order valence-corrected chi connectivity index (χ2v) is 7.60. The van der Waals surface area contributed by atoms with E-state index in [0.717, 1.165) is 17.7 Å². The number of benzene rings is 1. The average molecular weight is 384 g/mol. The number of rotatable bonds is 5. The normalized spacial score (nSPS) is 24.2. The zero-order valence-electron chi connectivity index (χ0n) is 13.9. The minimum absolute atomic E-state index is 0.156. The van der Waals surface area contributed by atoms with Crippen molar-refractivity contribution in [3.05, 3.63) is 33.8 Å². The van der Waals surface area contributed by atoms with Gasteiger partial charge >= 0.3 is 6.03 Å². The molecular weight excluding hydrogens is 365 g/mol. The molecule has 1 saturated heterocycles. The van der Waals surface area contributed by atoms with Crippen LogP contribution in [0, 0.1) is 5.92 Å². The topological polar surface area (TPSA) is 78.5 Å². The van der Waals surface area contributed by atoms with E-state index in [1.165, 1.54) is 0 Å². The number of hydrogen-bond acceptors (Lipinski definition) is 3. The molecule has 0 radical (unpaired) electrons. The zero-order chi connectivity index (χ0) is 18.4. The van der Waals surface area contributed by atoms with E-state index >= 15 is 0 Å². The summed E-state index contributed by atoms with van der Waals surface area (Å²) in [5.41, 5.74) is -0.179. The summed E-state index contributed by atoms with van der Waals surface area (Å²) < 4.78 is 0. The fourth-order valence-corrected chi connectivity index (χ4v) is 3.73. The lowest BCUT2D eigenvalue weighted by atomic mass is 9.96. The van der Waals surface area contributed by atoms with Crippen LogP contribution in [0.4, 0.5) is 4.79 Å². The van der Waals surface area contributed by atoms with Crippen molar-refractivity contribution in [2.45, 2.75) is 38.3 Å². The zero-order valence-corrected chi connectivity index (χ0v) is 15.4. The molecule has 0 bridgehead atoms. The first-order valence-corrected chi connectivity index (χ1v) is 8.86. The quantitative estimate of drug-likeness (QED) is 0.767. The standard InChI is InChI=1S/C17H19Cl2N3O3/c1-9(12-6-5-11(18)7-13(12)19)20-14(23)8-22-15(24)17(2,10-3-4-10)21-16(22)25/h5-7,9-10H,3-4,8H2,1-2H3,(H,20,23)(H,21,25)/t9-,17-/m0/s1. The molecule has 6 nitrogen and oxygen atoms in total. The lowest BCUT2D eigenvalue weighted by Crippen LogP contribution is -2.47. The fraction of sp³-hybridized carbons (Fsp3) is 0.471. The summed E-state index contributed by atoms with van der Waals surface area (Å²) in [6, 6.07) is 4.11. The van der Waals surface area contributed by atoms with Gasteiger partial charge in [0.05, 0.1) is 6.04 Å². The van der Waals surface area contributed by atoms with Crippen molar-refractivity contribution in [1.82, 2.24) is 15.5 Å². The van der Waals surface area contributed by atoms with Crippen LogP contribution >= 0.6 is 23.2 Å². The van der Waals surface area contributed by atoms with Crippen LogP contribution < -0.4 is 10.6 Å². The molecule has 3 rings (SSSR count). The van der Waals surface area contributed by atoms with Crippen molar-refractivity contribution in [3.63, 3.8) is 0 Å². The smallest absolute Gasteiger partial charge is 0.325 e. The third kappa shape index (κ3) is 3.46. The van der Waals surface area contributed by atoms with Crippen LogP contribution in [0.1, 0.15) is 38.3 Å². The Morgan fingerprint density at radius 2 is 2.08 bits per heavy atom. The molecule has 0 spiro atoms. The van der Waals surface area contributed by atoms with E-state index in [1.54, 1.807) is 32.0 Å². The first kappa shape index (κ1) is 18.0. The molecule has 8 heteroatoms. The van der Waals surface area contributed by atoms with Crippen LogP contribution in [0.3, 0.4) is 0 Å². The molecule has 2 fully saturated rings. The molecular formula is C17H19Cl2N3O3. The summed E-state index contributed by atoms with van der Waals surface area (Å²) in [4.78, 5) is 37.9. The number of nitrogens with one attached hydrogen (secondary N) is 2. The number of amides is 4. The monoisotopic (exact) mass is 383 g/mol. The highest BCUT2D eigenvalue weighted by atomic mass is 35.5.